The molecule has 0 amide bonds. The number of aliphatic hydroxyl groups excluding tert-OH is 3. The normalized spacial score (nSPS) is 13.2. The molecule has 0 spiro atoms. The summed E-state index contributed by atoms with van der Waals surface area (Å²) in [4.78, 5) is 0. The highest BCUT2D eigenvalue weighted by Gasteiger charge is 2.34. The van der Waals surface area contributed by atoms with Crippen molar-refractivity contribution < 1.29 is 19.8 Å². The molecule has 0 aliphatic carbocycles. The Kier molecular flexibility index (Phi) is 6.73. The first kappa shape index (κ1) is 15.9. The van der Waals surface area contributed by atoms with Crippen molar-refractivity contribution in [1.82, 2.24) is 0 Å². The summed E-state index contributed by atoms with van der Waals surface area (Å²) >= 11 is 0. The summed E-state index contributed by atoms with van der Waals surface area (Å²) in [6, 6.07) is 9.82. The van der Waals surface area contributed by atoms with Crippen molar-refractivity contribution in [2.75, 3.05) is 39.5 Å². The highest BCUT2D eigenvalue weighted by molar-refractivity contribution is 5.20. The molecule has 0 fully saturated rings. The van der Waals surface area contributed by atoms with Crippen molar-refractivity contribution in [2.24, 2.45) is 0 Å². The van der Waals surface area contributed by atoms with Crippen LogP contribution in [0.25, 0.3) is 0 Å². The van der Waals surface area contributed by atoms with Gasteiger partial charge in [-0.15, -0.1) is 0 Å². The lowest BCUT2D eigenvalue weighted by Crippen LogP contribution is -2.55. The lowest BCUT2D eigenvalue weighted by atomic mass is 10.0. The zero-order chi connectivity index (χ0) is 14.1. The summed E-state index contributed by atoms with van der Waals surface area (Å²) in [5.74, 6) is 0. The predicted molar refractivity (Wildman–Crippen MR) is 75.5 cm³/mol. The van der Waals surface area contributed by atoms with E-state index in [0.29, 0.717) is 24.1 Å². The van der Waals surface area contributed by atoms with Gasteiger partial charge in [-0.05, 0) is 6.08 Å². The first-order valence-corrected chi connectivity index (χ1v) is 6.60. The van der Waals surface area contributed by atoms with Crippen LogP contribution in [0.4, 0.5) is 0 Å². The maximum Gasteiger partial charge on any atom is 0.133 e. The van der Waals surface area contributed by atoms with E-state index in [1.54, 1.807) is 0 Å². The molecule has 0 radical (unpaired) electrons. The van der Waals surface area contributed by atoms with Crippen molar-refractivity contribution in [3.63, 3.8) is 0 Å². The van der Waals surface area contributed by atoms with Crippen LogP contribution in [0.15, 0.2) is 43.0 Å². The molecular formula is C15H24NO3+. The van der Waals surface area contributed by atoms with E-state index in [0.717, 1.165) is 5.56 Å². The molecule has 4 nitrogen and oxygen atoms in total. The molecule has 0 aliphatic rings. The van der Waals surface area contributed by atoms with Crippen LogP contribution in [-0.4, -0.2) is 59.3 Å². The zero-order valence-electron chi connectivity index (χ0n) is 11.3. The number of hydrogen-bond acceptors (Lipinski definition) is 3. The molecule has 1 atom stereocenters. The van der Waals surface area contributed by atoms with Crippen LogP contribution in [0.5, 0.6) is 0 Å². The Morgan fingerprint density at radius 2 is 1.42 bits per heavy atom. The third kappa shape index (κ3) is 3.88. The van der Waals surface area contributed by atoms with Gasteiger partial charge in [0.2, 0.25) is 0 Å². The largest absolute Gasteiger partial charge is 0.391 e. The molecule has 106 valence electrons. The van der Waals surface area contributed by atoms with E-state index in [1.807, 2.05) is 36.4 Å². The zero-order valence-corrected chi connectivity index (χ0v) is 11.3. The highest BCUT2D eigenvalue weighted by Crippen LogP contribution is 2.29. The molecule has 1 aromatic rings. The second-order valence-electron chi connectivity index (χ2n) is 4.65. The number of benzene rings is 1. The average molecular weight is 266 g/mol. The van der Waals surface area contributed by atoms with E-state index in [9.17, 15) is 15.3 Å². The Labute approximate surface area is 114 Å². The second-order valence-corrected chi connectivity index (χ2v) is 4.65. The molecule has 19 heavy (non-hydrogen) atoms. The number of quaternary nitrogens is 1. The summed E-state index contributed by atoms with van der Waals surface area (Å²) in [7, 11) is 0. The van der Waals surface area contributed by atoms with Crippen LogP contribution in [-0.2, 0) is 0 Å². The summed E-state index contributed by atoms with van der Waals surface area (Å²) in [5.41, 5.74) is 1.08. The molecule has 1 unspecified atom stereocenters. The Hall–Kier alpha value is -1.20. The van der Waals surface area contributed by atoms with Gasteiger partial charge >= 0.3 is 0 Å². The Morgan fingerprint density at radius 3 is 1.79 bits per heavy atom. The SMILES string of the molecule is C=CC(c1ccccc1)[N+](CCO)(CCO)CCO. The minimum Gasteiger partial charge on any atom is -0.391 e. The minimum absolute atomic E-state index is 0.0111. The molecule has 1 aromatic carbocycles. The van der Waals surface area contributed by atoms with Crippen LogP contribution in [0.1, 0.15) is 11.6 Å². The molecular weight excluding hydrogens is 242 g/mol. The third-order valence-electron chi connectivity index (χ3n) is 3.59. The molecule has 3 N–H and O–H groups in total. The smallest absolute Gasteiger partial charge is 0.133 e. The standard InChI is InChI=1S/C15H24NO3/c1-2-15(14-6-4-3-5-7-14)16(8-11-17,9-12-18)10-13-19/h2-7,15,17-19H,1,8-13H2/q+1. The Morgan fingerprint density at radius 1 is 0.947 bits per heavy atom. The Balaban J connectivity index is 3.14. The van der Waals surface area contributed by atoms with Crippen LogP contribution in [0.2, 0.25) is 0 Å². The Bertz CT molecular complexity index is 350. The van der Waals surface area contributed by atoms with Gasteiger partial charge < -0.3 is 19.8 Å². The van der Waals surface area contributed by atoms with Crippen LogP contribution in [0.3, 0.4) is 0 Å². The summed E-state index contributed by atoms with van der Waals surface area (Å²) in [5, 5.41) is 28.0. The first-order chi connectivity index (χ1) is 9.24. The molecule has 0 bridgehead atoms. The van der Waals surface area contributed by atoms with Crippen molar-refractivity contribution in [3.05, 3.63) is 48.6 Å². The quantitative estimate of drug-likeness (QED) is 0.456. The fraction of sp³-hybridized carbons (Fsp3) is 0.467. The van der Waals surface area contributed by atoms with E-state index in [2.05, 4.69) is 6.58 Å². The lowest BCUT2D eigenvalue weighted by molar-refractivity contribution is -0.951. The topological polar surface area (TPSA) is 60.7 Å². The van der Waals surface area contributed by atoms with Gasteiger partial charge in [0.15, 0.2) is 0 Å². The van der Waals surface area contributed by atoms with Gasteiger partial charge in [0.05, 0.1) is 19.8 Å². The van der Waals surface area contributed by atoms with Crippen molar-refractivity contribution in [3.8, 4) is 0 Å². The lowest BCUT2D eigenvalue weighted by Gasteiger charge is -2.43. The van der Waals surface area contributed by atoms with E-state index in [1.165, 1.54) is 0 Å². The maximum absolute atomic E-state index is 9.33. The maximum atomic E-state index is 9.33. The molecule has 1 rings (SSSR count). The summed E-state index contributed by atoms with van der Waals surface area (Å²) in [6.07, 6.45) is 1.83. The molecule has 4 heteroatoms. The van der Waals surface area contributed by atoms with E-state index in [4.69, 9.17) is 0 Å². The van der Waals surface area contributed by atoms with Crippen LogP contribution < -0.4 is 0 Å². The van der Waals surface area contributed by atoms with Gasteiger partial charge in [-0.3, -0.25) is 0 Å². The van der Waals surface area contributed by atoms with Gasteiger partial charge in [0.1, 0.15) is 25.7 Å². The van der Waals surface area contributed by atoms with Gasteiger partial charge in [-0.25, -0.2) is 0 Å². The summed E-state index contributed by atoms with van der Waals surface area (Å²) in [6.45, 7) is 5.36. The van der Waals surface area contributed by atoms with Crippen molar-refractivity contribution in [2.45, 2.75) is 6.04 Å². The molecule has 0 aromatic heterocycles. The van der Waals surface area contributed by atoms with Crippen molar-refractivity contribution >= 4 is 0 Å². The molecule has 0 saturated carbocycles. The van der Waals surface area contributed by atoms with Crippen molar-refractivity contribution in [1.29, 1.82) is 0 Å². The number of aliphatic hydroxyl groups is 3. The second kappa shape index (κ2) is 8.07. The number of hydrogen-bond donors (Lipinski definition) is 3. The van der Waals surface area contributed by atoms with Gasteiger partial charge in [-0.2, -0.15) is 0 Å². The summed E-state index contributed by atoms with van der Waals surface area (Å²) < 4.78 is 0.414. The number of rotatable bonds is 9. The van der Waals surface area contributed by atoms with Crippen LogP contribution in [0, 0.1) is 0 Å². The number of nitrogens with zero attached hydrogens (tertiary/aromatic N) is 1. The molecule has 0 heterocycles. The van der Waals surface area contributed by atoms with E-state index >= 15 is 0 Å². The van der Waals surface area contributed by atoms with E-state index < -0.39 is 0 Å². The molecule has 0 saturated heterocycles. The third-order valence-corrected chi connectivity index (χ3v) is 3.59. The van der Waals surface area contributed by atoms with Gasteiger partial charge in [0.25, 0.3) is 0 Å². The monoisotopic (exact) mass is 266 g/mol. The van der Waals surface area contributed by atoms with Gasteiger partial charge in [-0.1, -0.05) is 36.9 Å². The van der Waals surface area contributed by atoms with E-state index in [-0.39, 0.29) is 25.9 Å². The fourth-order valence-electron chi connectivity index (χ4n) is 2.68. The predicted octanol–water partition coefficient (Wildman–Crippen LogP) is 0.707. The fourth-order valence-corrected chi connectivity index (χ4v) is 2.68. The minimum atomic E-state index is -0.0485. The molecule has 0 aliphatic heterocycles. The van der Waals surface area contributed by atoms with Crippen LogP contribution >= 0.6 is 0 Å². The first-order valence-electron chi connectivity index (χ1n) is 6.60. The van der Waals surface area contributed by atoms with Gasteiger partial charge in [0, 0.05) is 5.56 Å². The average Bonchev–Trinajstić information content (AvgIpc) is 2.41. The highest BCUT2D eigenvalue weighted by atomic mass is 16.3.